The van der Waals surface area contributed by atoms with Gasteiger partial charge in [-0.1, -0.05) is 24.3 Å². The predicted molar refractivity (Wildman–Crippen MR) is 111 cm³/mol. The van der Waals surface area contributed by atoms with E-state index in [-0.39, 0.29) is 17.9 Å². The molecule has 6 nitrogen and oxygen atoms in total. The number of benzene rings is 1. The summed E-state index contributed by atoms with van der Waals surface area (Å²) in [6.07, 6.45) is 4.49. The zero-order valence-electron chi connectivity index (χ0n) is 16.7. The molecule has 2 aromatic rings. The smallest absolute Gasteiger partial charge is 0.223 e. The molecule has 1 heterocycles. The lowest BCUT2D eigenvalue weighted by Gasteiger charge is -2.30. The summed E-state index contributed by atoms with van der Waals surface area (Å²) in [7, 11) is -3.36. The molecule has 0 saturated heterocycles. The summed E-state index contributed by atoms with van der Waals surface area (Å²) < 4.78 is 26.6. The van der Waals surface area contributed by atoms with Gasteiger partial charge < -0.3 is 5.32 Å². The number of sulfonamides is 1. The van der Waals surface area contributed by atoms with Gasteiger partial charge in [-0.3, -0.25) is 9.78 Å². The van der Waals surface area contributed by atoms with Crippen molar-refractivity contribution < 1.29 is 13.2 Å². The number of amides is 1. The number of hydrogen-bond donors (Lipinski definition) is 2. The Morgan fingerprint density at radius 3 is 2.46 bits per heavy atom. The van der Waals surface area contributed by atoms with Gasteiger partial charge in [0.1, 0.15) is 0 Å². The molecule has 152 valence electrons. The van der Waals surface area contributed by atoms with E-state index in [9.17, 15) is 13.2 Å². The molecule has 0 spiro atoms. The van der Waals surface area contributed by atoms with Crippen LogP contribution >= 0.6 is 0 Å². The molecule has 1 amide bonds. The quantitative estimate of drug-likeness (QED) is 0.803. The van der Waals surface area contributed by atoms with Crippen LogP contribution in [0.15, 0.2) is 36.5 Å². The maximum atomic E-state index is 12.6. The van der Waals surface area contributed by atoms with Crippen LogP contribution in [-0.2, 0) is 21.4 Å². The van der Waals surface area contributed by atoms with Gasteiger partial charge in [0.05, 0.1) is 17.0 Å². The van der Waals surface area contributed by atoms with E-state index in [1.165, 1.54) is 0 Å². The van der Waals surface area contributed by atoms with Crippen LogP contribution in [0.4, 0.5) is 0 Å². The normalized spacial score (nSPS) is 20.8. The van der Waals surface area contributed by atoms with Gasteiger partial charge in [-0.2, -0.15) is 0 Å². The Morgan fingerprint density at radius 2 is 1.79 bits per heavy atom. The van der Waals surface area contributed by atoms with Crippen molar-refractivity contribution in [3.63, 3.8) is 0 Å². The number of nitrogens with one attached hydrogen (secondary N) is 2. The maximum absolute atomic E-state index is 12.6. The molecule has 1 saturated carbocycles. The second-order valence-corrected chi connectivity index (χ2v) is 10.9. The van der Waals surface area contributed by atoms with Crippen LogP contribution in [0.2, 0.25) is 0 Å². The van der Waals surface area contributed by atoms with E-state index in [4.69, 9.17) is 0 Å². The van der Waals surface area contributed by atoms with Gasteiger partial charge in [0.2, 0.25) is 15.9 Å². The van der Waals surface area contributed by atoms with Crippen molar-refractivity contribution >= 4 is 26.7 Å². The first kappa shape index (κ1) is 20.7. The summed E-state index contributed by atoms with van der Waals surface area (Å²) >= 11 is 0. The second-order valence-electron chi connectivity index (χ2n) is 8.48. The molecule has 0 aliphatic heterocycles. The Balaban J connectivity index is 1.53. The molecule has 1 aromatic carbocycles. The number of hydrogen-bond acceptors (Lipinski definition) is 4. The van der Waals surface area contributed by atoms with Gasteiger partial charge in [-0.25, -0.2) is 13.1 Å². The molecule has 0 radical (unpaired) electrons. The fraction of sp³-hybridized carbons (Fsp3) is 0.524. The Bertz CT molecular complexity index is 938. The highest BCUT2D eigenvalue weighted by atomic mass is 32.2. The van der Waals surface area contributed by atoms with E-state index in [0.717, 1.165) is 16.5 Å². The van der Waals surface area contributed by atoms with Gasteiger partial charge in [0.15, 0.2) is 0 Å². The van der Waals surface area contributed by atoms with Crippen molar-refractivity contribution in [1.82, 2.24) is 15.0 Å². The van der Waals surface area contributed by atoms with Crippen molar-refractivity contribution in [3.8, 4) is 0 Å². The highest BCUT2D eigenvalue weighted by Crippen LogP contribution is 2.26. The average molecular weight is 404 g/mol. The number of carbonyl (C=O) groups is 1. The minimum absolute atomic E-state index is 0.0202. The van der Waals surface area contributed by atoms with Crippen LogP contribution in [-0.4, -0.2) is 30.1 Å². The molecular weight excluding hydrogens is 374 g/mol. The predicted octanol–water partition coefficient (Wildman–Crippen LogP) is 3.13. The van der Waals surface area contributed by atoms with Crippen LogP contribution in [0.5, 0.6) is 0 Å². The van der Waals surface area contributed by atoms with Crippen molar-refractivity contribution in [2.45, 2.75) is 63.8 Å². The van der Waals surface area contributed by atoms with E-state index < -0.39 is 14.8 Å². The molecule has 28 heavy (non-hydrogen) atoms. The van der Waals surface area contributed by atoms with Crippen LogP contribution in [0.3, 0.4) is 0 Å². The van der Waals surface area contributed by atoms with E-state index in [0.29, 0.717) is 32.2 Å². The van der Waals surface area contributed by atoms with Crippen LogP contribution in [0.1, 0.15) is 52.1 Å². The number of pyridine rings is 1. The zero-order chi connectivity index (χ0) is 20.4. The molecule has 0 unspecified atom stereocenters. The van der Waals surface area contributed by atoms with Gasteiger partial charge in [-0.15, -0.1) is 0 Å². The van der Waals surface area contributed by atoms with Crippen LogP contribution in [0, 0.1) is 5.92 Å². The molecule has 7 heteroatoms. The third kappa shape index (κ3) is 4.70. The second kappa shape index (κ2) is 8.17. The molecule has 1 fully saturated rings. The zero-order valence-corrected chi connectivity index (χ0v) is 17.6. The van der Waals surface area contributed by atoms with Gasteiger partial charge in [-0.05, 0) is 57.9 Å². The topological polar surface area (TPSA) is 88.2 Å². The number of nitrogens with zero attached hydrogens (tertiary/aromatic N) is 1. The van der Waals surface area contributed by atoms with Crippen molar-refractivity contribution in [3.05, 3.63) is 42.2 Å². The Morgan fingerprint density at radius 1 is 1.11 bits per heavy atom. The lowest BCUT2D eigenvalue weighted by Crippen LogP contribution is -2.46. The lowest BCUT2D eigenvalue weighted by atomic mass is 9.86. The summed E-state index contributed by atoms with van der Waals surface area (Å²) in [5.74, 6) is -0.0581. The van der Waals surface area contributed by atoms with Crippen LogP contribution in [0.25, 0.3) is 10.8 Å². The molecule has 1 aliphatic carbocycles. The fourth-order valence-corrected chi connectivity index (χ4v) is 4.54. The SMILES string of the molecule is CC(C)(C)S(=O)(=O)N[C@H]1CC[C@H](C(=O)NCc2nccc3ccccc23)CC1. The summed E-state index contributed by atoms with van der Waals surface area (Å²) in [5, 5.41) is 5.16. The maximum Gasteiger partial charge on any atom is 0.223 e. The highest BCUT2D eigenvalue weighted by molar-refractivity contribution is 7.90. The summed E-state index contributed by atoms with van der Waals surface area (Å²) in [4.78, 5) is 17.0. The Labute approximate surface area is 167 Å². The van der Waals surface area contributed by atoms with E-state index in [1.807, 2.05) is 30.3 Å². The third-order valence-electron chi connectivity index (χ3n) is 5.41. The largest absolute Gasteiger partial charge is 0.350 e. The third-order valence-corrected chi connectivity index (χ3v) is 7.67. The van der Waals surface area contributed by atoms with Gasteiger partial charge in [0.25, 0.3) is 0 Å². The molecule has 0 atom stereocenters. The fourth-order valence-electron chi connectivity index (χ4n) is 3.51. The Kier molecular flexibility index (Phi) is 6.05. The first-order valence-corrected chi connectivity index (χ1v) is 11.3. The van der Waals surface area contributed by atoms with Crippen LogP contribution < -0.4 is 10.0 Å². The average Bonchev–Trinajstić information content (AvgIpc) is 2.65. The first-order valence-electron chi connectivity index (χ1n) is 9.79. The number of fused-ring (bicyclic) bond motifs is 1. The molecule has 2 N–H and O–H groups in total. The lowest BCUT2D eigenvalue weighted by molar-refractivity contribution is -0.126. The standard InChI is InChI=1S/C21H29N3O3S/c1-21(2,3)28(26,27)24-17-10-8-16(9-11-17)20(25)23-14-19-18-7-5-4-6-15(18)12-13-22-19/h4-7,12-13,16-17,24H,8-11,14H2,1-3H3,(H,23,25)/t16-,17-. The monoisotopic (exact) mass is 403 g/mol. The van der Waals surface area contributed by atoms with Crippen molar-refractivity contribution in [2.24, 2.45) is 5.92 Å². The minimum atomic E-state index is -3.36. The molecule has 1 aromatic heterocycles. The molecule has 0 bridgehead atoms. The minimum Gasteiger partial charge on any atom is -0.350 e. The Hall–Kier alpha value is -1.99. The van der Waals surface area contributed by atoms with E-state index in [1.54, 1.807) is 27.0 Å². The summed E-state index contributed by atoms with van der Waals surface area (Å²) in [5.41, 5.74) is 0.859. The van der Waals surface area contributed by atoms with Crippen molar-refractivity contribution in [2.75, 3.05) is 0 Å². The summed E-state index contributed by atoms with van der Waals surface area (Å²) in [6.45, 7) is 5.47. The van der Waals surface area contributed by atoms with Gasteiger partial charge >= 0.3 is 0 Å². The highest BCUT2D eigenvalue weighted by Gasteiger charge is 2.34. The molecule has 1 aliphatic rings. The van der Waals surface area contributed by atoms with E-state index in [2.05, 4.69) is 15.0 Å². The number of rotatable bonds is 5. The first-order chi connectivity index (χ1) is 13.2. The van der Waals surface area contributed by atoms with Gasteiger partial charge in [0, 0.05) is 23.5 Å². The summed E-state index contributed by atoms with van der Waals surface area (Å²) in [6, 6.07) is 9.86. The number of aromatic nitrogens is 1. The number of carbonyl (C=O) groups excluding carboxylic acids is 1. The molecule has 3 rings (SSSR count). The molecular formula is C21H29N3O3S. The van der Waals surface area contributed by atoms with E-state index >= 15 is 0 Å². The van der Waals surface area contributed by atoms with Crippen molar-refractivity contribution in [1.29, 1.82) is 0 Å².